The molecular formula is C13H24F3IN2O3S. The predicted molar refractivity (Wildman–Crippen MR) is 80.9 cm³/mol. The zero-order valence-electron chi connectivity index (χ0n) is 13.8. The lowest BCUT2D eigenvalue weighted by Gasteiger charge is -2.23. The Bertz CT molecular complexity index is 388. The number of carbonyl (C=O) groups is 2. The van der Waals surface area contributed by atoms with E-state index in [0.717, 1.165) is 0 Å². The van der Waals surface area contributed by atoms with Crippen LogP contribution < -0.4 is 34.6 Å². The molecule has 0 heterocycles. The van der Waals surface area contributed by atoms with Crippen LogP contribution in [0.1, 0.15) is 27.2 Å². The smallest absolute Gasteiger partial charge is 0.408 e. The maximum absolute atomic E-state index is 12.2. The van der Waals surface area contributed by atoms with Gasteiger partial charge in [0, 0.05) is 6.42 Å². The number of halogens is 4. The summed E-state index contributed by atoms with van der Waals surface area (Å²) >= 11 is 0. The van der Waals surface area contributed by atoms with Crippen molar-refractivity contribution in [3.8, 4) is 0 Å². The number of nitrogens with one attached hydrogen (secondary N) is 2. The highest BCUT2D eigenvalue weighted by atomic mass is 127. The van der Waals surface area contributed by atoms with Gasteiger partial charge in [-0.2, -0.15) is 13.2 Å². The maximum Gasteiger partial charge on any atom is 0.408 e. The largest absolute Gasteiger partial charge is 1.00 e. The van der Waals surface area contributed by atoms with Gasteiger partial charge in [0.05, 0.1) is 12.5 Å². The first-order valence-electron chi connectivity index (χ1n) is 6.68. The summed E-state index contributed by atoms with van der Waals surface area (Å²) in [7, 11) is -0.00191. The number of alkyl halides is 3. The zero-order valence-corrected chi connectivity index (χ0v) is 16.8. The molecule has 0 bridgehead atoms. The Morgan fingerprint density at radius 3 is 2.09 bits per heavy atom. The van der Waals surface area contributed by atoms with Gasteiger partial charge in [0.15, 0.2) is 0 Å². The van der Waals surface area contributed by atoms with Gasteiger partial charge in [0.25, 0.3) is 0 Å². The Labute approximate surface area is 154 Å². The van der Waals surface area contributed by atoms with Gasteiger partial charge in [-0.1, -0.05) is 0 Å². The van der Waals surface area contributed by atoms with Gasteiger partial charge in [0.1, 0.15) is 23.9 Å². The Morgan fingerprint density at radius 1 is 1.17 bits per heavy atom. The summed E-state index contributed by atoms with van der Waals surface area (Å²) in [5, 5.41) is 4.11. The van der Waals surface area contributed by atoms with Crippen molar-refractivity contribution >= 4 is 22.9 Å². The van der Waals surface area contributed by atoms with Crippen molar-refractivity contribution in [1.82, 2.24) is 10.6 Å². The van der Waals surface area contributed by atoms with Crippen LogP contribution in [0.25, 0.3) is 0 Å². The molecule has 0 rings (SSSR count). The Morgan fingerprint density at radius 2 is 1.70 bits per heavy atom. The minimum Gasteiger partial charge on any atom is -1.00 e. The van der Waals surface area contributed by atoms with E-state index in [2.05, 4.69) is 5.32 Å². The predicted octanol–water partition coefficient (Wildman–Crippen LogP) is -1.17. The Kier molecular flexibility index (Phi) is 11.3. The molecule has 1 unspecified atom stereocenters. The SMILES string of the molecule is C[S+](C)CCC(NC(=O)OC(C)(C)C)C(=O)NCC(F)(F)F.[I-]. The third-order valence-corrected chi connectivity index (χ3v) is 3.34. The standard InChI is InChI=1S/C13H23F3N2O3S.HI/c1-12(2,3)21-11(20)18-9(6-7-22(4)5)10(19)17-8-13(14,15)16;/h9H,6-8H2,1-5H3,(H-,17,18,19,20);1H. The fourth-order valence-corrected chi connectivity index (χ4v) is 2.09. The molecule has 2 amide bonds. The Balaban J connectivity index is 0. The average molecular weight is 472 g/mol. The van der Waals surface area contributed by atoms with Crippen molar-refractivity contribution < 1.29 is 51.5 Å². The summed E-state index contributed by atoms with van der Waals surface area (Å²) in [6.45, 7) is 3.53. The van der Waals surface area contributed by atoms with E-state index in [1.165, 1.54) is 0 Å². The zero-order chi connectivity index (χ0) is 17.6. The molecular weight excluding hydrogens is 448 g/mol. The van der Waals surface area contributed by atoms with Crippen molar-refractivity contribution in [2.24, 2.45) is 0 Å². The summed E-state index contributed by atoms with van der Waals surface area (Å²) in [6.07, 6.45) is -1.19. The summed E-state index contributed by atoms with van der Waals surface area (Å²) in [4.78, 5) is 23.5. The van der Waals surface area contributed by atoms with Crippen molar-refractivity contribution in [2.45, 2.75) is 45.0 Å². The Hall–Kier alpha value is -0.390. The minimum atomic E-state index is -4.49. The molecule has 23 heavy (non-hydrogen) atoms. The van der Waals surface area contributed by atoms with Crippen LogP contribution in [-0.4, -0.2) is 54.6 Å². The van der Waals surface area contributed by atoms with Crippen molar-refractivity contribution in [3.05, 3.63) is 0 Å². The van der Waals surface area contributed by atoms with Crippen LogP contribution >= 0.6 is 0 Å². The van der Waals surface area contributed by atoms with Crippen LogP contribution in [-0.2, 0) is 20.4 Å². The average Bonchev–Trinajstić information content (AvgIpc) is 2.27. The second-order valence-corrected chi connectivity index (χ2v) is 8.39. The maximum atomic E-state index is 12.2. The van der Waals surface area contributed by atoms with Gasteiger partial charge in [-0.25, -0.2) is 4.79 Å². The second-order valence-electron chi connectivity index (χ2n) is 6.01. The first-order valence-corrected chi connectivity index (χ1v) is 8.89. The second kappa shape index (κ2) is 10.5. The monoisotopic (exact) mass is 472 g/mol. The van der Waals surface area contributed by atoms with E-state index in [4.69, 9.17) is 4.74 Å². The minimum absolute atomic E-state index is 0. The van der Waals surface area contributed by atoms with Crippen molar-refractivity contribution in [1.29, 1.82) is 0 Å². The fraction of sp³-hybridized carbons (Fsp3) is 0.846. The molecule has 0 aliphatic rings. The third-order valence-electron chi connectivity index (χ3n) is 2.29. The van der Waals surface area contributed by atoms with Crippen molar-refractivity contribution in [3.63, 3.8) is 0 Å². The van der Waals surface area contributed by atoms with Gasteiger partial charge in [-0.05, 0) is 31.7 Å². The van der Waals surface area contributed by atoms with E-state index in [-0.39, 0.29) is 41.3 Å². The van der Waals surface area contributed by atoms with E-state index < -0.39 is 36.4 Å². The third kappa shape index (κ3) is 14.9. The highest BCUT2D eigenvalue weighted by Gasteiger charge is 2.31. The van der Waals surface area contributed by atoms with E-state index in [0.29, 0.717) is 5.75 Å². The van der Waals surface area contributed by atoms with Gasteiger partial charge < -0.3 is 39.3 Å². The molecule has 0 aliphatic carbocycles. The molecule has 0 fully saturated rings. The van der Waals surface area contributed by atoms with Gasteiger partial charge in [0.2, 0.25) is 5.91 Å². The molecule has 2 N–H and O–H groups in total. The van der Waals surface area contributed by atoms with Crippen LogP contribution in [0.5, 0.6) is 0 Å². The number of carbonyl (C=O) groups excluding carboxylic acids is 2. The molecule has 0 saturated carbocycles. The lowest BCUT2D eigenvalue weighted by molar-refractivity contribution is -0.139. The molecule has 0 saturated heterocycles. The fourth-order valence-electron chi connectivity index (χ4n) is 1.38. The van der Waals surface area contributed by atoms with Gasteiger partial charge in [-0.15, -0.1) is 0 Å². The molecule has 10 heteroatoms. The molecule has 1 atom stereocenters. The van der Waals surface area contributed by atoms with E-state index in [1.807, 2.05) is 12.5 Å². The summed E-state index contributed by atoms with van der Waals surface area (Å²) in [5.74, 6) is -0.256. The molecule has 0 aromatic carbocycles. The molecule has 0 radical (unpaired) electrons. The lowest BCUT2D eigenvalue weighted by Crippen LogP contribution is -3.00. The van der Waals surface area contributed by atoms with Gasteiger partial charge >= 0.3 is 12.3 Å². The van der Waals surface area contributed by atoms with E-state index in [1.54, 1.807) is 26.1 Å². The molecule has 0 aromatic rings. The topological polar surface area (TPSA) is 67.4 Å². The summed E-state index contributed by atoms with van der Waals surface area (Å²) in [6, 6.07) is -1.05. The highest BCUT2D eigenvalue weighted by Crippen LogP contribution is 2.12. The quantitative estimate of drug-likeness (QED) is 0.379. The van der Waals surface area contributed by atoms with Crippen molar-refractivity contribution in [2.75, 3.05) is 24.8 Å². The van der Waals surface area contributed by atoms with Crippen LogP contribution in [0.2, 0.25) is 0 Å². The number of rotatable bonds is 6. The lowest BCUT2D eigenvalue weighted by atomic mass is 10.2. The van der Waals surface area contributed by atoms with E-state index >= 15 is 0 Å². The number of alkyl carbamates (subject to hydrolysis) is 1. The number of amides is 2. The molecule has 138 valence electrons. The van der Waals surface area contributed by atoms with Crippen LogP contribution in [0.15, 0.2) is 0 Å². The number of ether oxygens (including phenoxy) is 1. The molecule has 0 aliphatic heterocycles. The summed E-state index contributed by atoms with van der Waals surface area (Å²) < 4.78 is 41.5. The summed E-state index contributed by atoms with van der Waals surface area (Å²) in [5.41, 5.74) is -0.753. The molecule has 0 spiro atoms. The highest BCUT2D eigenvalue weighted by molar-refractivity contribution is 7.95. The normalized spacial score (nSPS) is 13.1. The van der Waals surface area contributed by atoms with E-state index in [9.17, 15) is 22.8 Å². The number of hydrogen-bond acceptors (Lipinski definition) is 3. The van der Waals surface area contributed by atoms with Crippen LogP contribution in [0.4, 0.5) is 18.0 Å². The number of hydrogen-bond donors (Lipinski definition) is 2. The van der Waals surface area contributed by atoms with Crippen LogP contribution in [0.3, 0.4) is 0 Å². The molecule has 0 aromatic heterocycles. The molecule has 5 nitrogen and oxygen atoms in total. The first kappa shape index (κ1) is 24.9. The van der Waals surface area contributed by atoms with Crippen LogP contribution in [0, 0.1) is 0 Å². The first-order chi connectivity index (χ1) is 9.80. The van der Waals surface area contributed by atoms with Gasteiger partial charge in [-0.3, -0.25) is 4.79 Å².